The monoisotopic (exact) mass is 306 g/mol. The second-order valence-corrected chi connectivity index (χ2v) is 5.70. The lowest BCUT2D eigenvalue weighted by atomic mass is 10.1. The van der Waals surface area contributed by atoms with E-state index in [0.29, 0.717) is 0 Å². The van der Waals surface area contributed by atoms with Crippen molar-refractivity contribution in [2.45, 2.75) is 84.0 Å². The molecule has 0 aromatic carbocycles. The molecule has 0 spiro atoms. The Morgan fingerprint density at radius 2 is 1.14 bits per heavy atom. The van der Waals surface area contributed by atoms with Crippen LogP contribution >= 0.6 is 0 Å². The molecule has 0 radical (unpaired) electrons. The average molecular weight is 306 g/mol. The molecule has 0 aliphatic rings. The molecule has 0 bridgehead atoms. The van der Waals surface area contributed by atoms with Gasteiger partial charge in [-0.2, -0.15) is 0 Å². The highest BCUT2D eigenvalue weighted by Gasteiger charge is 1.90. The topological polar surface area (TPSA) is 37.3 Å². The van der Waals surface area contributed by atoms with Crippen LogP contribution in [0.5, 0.6) is 0 Å². The van der Waals surface area contributed by atoms with E-state index in [0.717, 1.165) is 25.7 Å². The fraction of sp³-hybridized carbons (Fsp3) is 0.650. The summed E-state index contributed by atoms with van der Waals surface area (Å²) in [5.41, 5.74) is 0. The van der Waals surface area contributed by atoms with Gasteiger partial charge in [0.2, 0.25) is 0 Å². The van der Waals surface area contributed by atoms with Gasteiger partial charge in [0, 0.05) is 0 Å². The van der Waals surface area contributed by atoms with Gasteiger partial charge in [-0.05, 0) is 51.4 Å². The van der Waals surface area contributed by atoms with Gasteiger partial charge in [0.15, 0.2) is 0 Å². The van der Waals surface area contributed by atoms with Gasteiger partial charge in [-0.15, -0.1) is 0 Å². The molecule has 0 amide bonds. The Bertz CT molecular complexity index is 327. The highest BCUT2D eigenvalue weighted by molar-refractivity contribution is 5.68. The highest BCUT2D eigenvalue weighted by Crippen LogP contribution is 2.08. The van der Waals surface area contributed by atoms with Gasteiger partial charge in [0.25, 0.3) is 0 Å². The van der Waals surface area contributed by atoms with Crippen LogP contribution in [0.15, 0.2) is 36.5 Å². The summed E-state index contributed by atoms with van der Waals surface area (Å²) in [6.45, 7) is 2.18. The first-order valence-electron chi connectivity index (χ1n) is 8.94. The van der Waals surface area contributed by atoms with E-state index in [2.05, 4.69) is 31.2 Å². The molecule has 0 rings (SSSR count). The summed E-state index contributed by atoms with van der Waals surface area (Å²) in [5.74, 6) is -0.756. The number of aliphatic carboxylic acids is 1. The molecule has 0 aromatic heterocycles. The van der Waals surface area contributed by atoms with Gasteiger partial charge in [-0.1, -0.05) is 62.6 Å². The SMILES string of the molecule is CC/C=C/CCCCCCC/C=C/CCC/C=C/CC(=O)O. The van der Waals surface area contributed by atoms with Crippen LogP contribution in [-0.2, 0) is 4.79 Å². The van der Waals surface area contributed by atoms with Gasteiger partial charge < -0.3 is 5.11 Å². The molecule has 2 nitrogen and oxygen atoms in total. The molecule has 2 heteroatoms. The Morgan fingerprint density at radius 3 is 1.68 bits per heavy atom. The van der Waals surface area contributed by atoms with E-state index in [1.54, 1.807) is 6.08 Å². The number of hydrogen-bond donors (Lipinski definition) is 1. The highest BCUT2D eigenvalue weighted by atomic mass is 16.4. The molecule has 0 aliphatic heterocycles. The molecule has 0 fully saturated rings. The lowest BCUT2D eigenvalue weighted by Crippen LogP contribution is -1.89. The summed E-state index contributed by atoms with van der Waals surface area (Å²) >= 11 is 0. The second kappa shape index (κ2) is 17.7. The molecule has 0 saturated carbocycles. The normalized spacial score (nSPS) is 12.0. The molecule has 22 heavy (non-hydrogen) atoms. The van der Waals surface area contributed by atoms with E-state index < -0.39 is 5.97 Å². The van der Waals surface area contributed by atoms with Crippen molar-refractivity contribution in [2.24, 2.45) is 0 Å². The maximum Gasteiger partial charge on any atom is 0.307 e. The van der Waals surface area contributed by atoms with Crippen molar-refractivity contribution in [3.8, 4) is 0 Å². The molecular weight excluding hydrogens is 272 g/mol. The smallest absolute Gasteiger partial charge is 0.307 e. The van der Waals surface area contributed by atoms with Gasteiger partial charge in [0.1, 0.15) is 0 Å². The lowest BCUT2D eigenvalue weighted by molar-refractivity contribution is -0.136. The van der Waals surface area contributed by atoms with E-state index in [-0.39, 0.29) is 6.42 Å². The quantitative estimate of drug-likeness (QED) is 0.279. The van der Waals surface area contributed by atoms with Crippen LogP contribution in [0, 0.1) is 0 Å². The largest absolute Gasteiger partial charge is 0.481 e. The van der Waals surface area contributed by atoms with Crippen LogP contribution in [0.3, 0.4) is 0 Å². The first-order chi connectivity index (χ1) is 10.8. The molecule has 0 heterocycles. The number of rotatable bonds is 15. The maximum atomic E-state index is 10.3. The lowest BCUT2D eigenvalue weighted by Gasteiger charge is -1.98. The minimum absolute atomic E-state index is 0.144. The molecule has 0 atom stereocenters. The van der Waals surface area contributed by atoms with Crippen molar-refractivity contribution in [3.63, 3.8) is 0 Å². The second-order valence-electron chi connectivity index (χ2n) is 5.70. The van der Waals surface area contributed by atoms with Crippen molar-refractivity contribution in [2.75, 3.05) is 0 Å². The van der Waals surface area contributed by atoms with E-state index >= 15 is 0 Å². The Hall–Kier alpha value is -1.31. The van der Waals surface area contributed by atoms with Gasteiger partial charge in [-0.3, -0.25) is 4.79 Å². The standard InChI is InChI=1S/C20H34O2/c1-2-3-4-5-6-7-8-9-10-11-12-13-14-15-16-17-18-19-20(21)22/h3-4,12-13,17-18H,2,5-11,14-16,19H2,1H3,(H,21,22)/b4-3+,13-12+,18-17+. The van der Waals surface area contributed by atoms with Crippen molar-refractivity contribution in [1.82, 2.24) is 0 Å². The van der Waals surface area contributed by atoms with Gasteiger partial charge in [-0.25, -0.2) is 0 Å². The summed E-state index contributed by atoms with van der Waals surface area (Å²) < 4.78 is 0. The van der Waals surface area contributed by atoms with Crippen LogP contribution < -0.4 is 0 Å². The molecular formula is C20H34O2. The minimum atomic E-state index is -0.756. The fourth-order valence-corrected chi connectivity index (χ4v) is 2.23. The Balaban J connectivity index is 3.19. The Morgan fingerprint density at radius 1 is 0.682 bits per heavy atom. The zero-order chi connectivity index (χ0) is 16.3. The third kappa shape index (κ3) is 18.7. The van der Waals surface area contributed by atoms with Crippen LogP contribution in [0.25, 0.3) is 0 Å². The van der Waals surface area contributed by atoms with Crippen molar-refractivity contribution < 1.29 is 9.90 Å². The van der Waals surface area contributed by atoms with Gasteiger partial charge >= 0.3 is 5.97 Å². The van der Waals surface area contributed by atoms with Crippen LogP contribution in [0.1, 0.15) is 84.0 Å². The van der Waals surface area contributed by atoms with Crippen LogP contribution in [-0.4, -0.2) is 11.1 Å². The summed E-state index contributed by atoms with van der Waals surface area (Å²) in [5, 5.41) is 8.47. The molecule has 1 N–H and O–H groups in total. The summed E-state index contributed by atoms with van der Waals surface area (Å²) in [6, 6.07) is 0. The third-order valence-corrected chi connectivity index (χ3v) is 3.51. The summed E-state index contributed by atoms with van der Waals surface area (Å²) in [7, 11) is 0. The maximum absolute atomic E-state index is 10.3. The van der Waals surface area contributed by atoms with E-state index in [1.807, 2.05) is 6.08 Å². The first-order valence-corrected chi connectivity index (χ1v) is 8.94. The number of unbranched alkanes of at least 4 members (excludes halogenated alkanes) is 8. The average Bonchev–Trinajstić information content (AvgIpc) is 2.50. The third-order valence-electron chi connectivity index (χ3n) is 3.51. The van der Waals surface area contributed by atoms with Crippen LogP contribution in [0.4, 0.5) is 0 Å². The zero-order valence-electron chi connectivity index (χ0n) is 14.3. The van der Waals surface area contributed by atoms with Crippen molar-refractivity contribution in [1.29, 1.82) is 0 Å². The zero-order valence-corrected chi connectivity index (χ0v) is 14.3. The number of allylic oxidation sites excluding steroid dienone is 5. The fourth-order valence-electron chi connectivity index (χ4n) is 2.23. The molecule has 0 aromatic rings. The number of hydrogen-bond acceptors (Lipinski definition) is 1. The van der Waals surface area contributed by atoms with Gasteiger partial charge in [0.05, 0.1) is 6.42 Å². The first kappa shape index (κ1) is 20.7. The van der Waals surface area contributed by atoms with Crippen molar-refractivity contribution in [3.05, 3.63) is 36.5 Å². The summed E-state index contributed by atoms with van der Waals surface area (Å²) in [4.78, 5) is 10.3. The molecule has 0 saturated heterocycles. The van der Waals surface area contributed by atoms with Crippen molar-refractivity contribution >= 4 is 5.97 Å². The Labute approximate surface area is 137 Å². The van der Waals surface area contributed by atoms with Crippen LogP contribution in [0.2, 0.25) is 0 Å². The molecule has 0 aliphatic carbocycles. The number of carboxylic acid groups (broad SMARTS) is 1. The summed E-state index contributed by atoms with van der Waals surface area (Å²) in [6.07, 6.45) is 26.5. The molecule has 0 unspecified atom stereocenters. The van der Waals surface area contributed by atoms with E-state index in [4.69, 9.17) is 5.11 Å². The number of carbonyl (C=O) groups is 1. The van der Waals surface area contributed by atoms with E-state index in [1.165, 1.54) is 44.9 Å². The minimum Gasteiger partial charge on any atom is -0.481 e. The number of carboxylic acids is 1. The molecule has 126 valence electrons. The predicted molar refractivity (Wildman–Crippen MR) is 96.1 cm³/mol. The predicted octanol–water partition coefficient (Wildman–Crippen LogP) is 6.44. The van der Waals surface area contributed by atoms with E-state index in [9.17, 15) is 4.79 Å². The Kier molecular flexibility index (Phi) is 16.7.